The van der Waals surface area contributed by atoms with Crippen LogP contribution in [0, 0.1) is 34.3 Å². The standard InChI is InChI=1S/C30H38N2O4S2/c1-20-8-10-21(11-9-20)28(33)32(25-19-24(16-17-30(2,3)4)38-27(25)29(34)35)22-12-14-23(15-13-22)37-26-7-5-6-18-31(26)36/h5-7,18-23H,8-15H2,1-4H3,(H,34,35)/t20-,21-,22?,23?. The molecule has 1 N–H and O–H groups in total. The van der Waals surface area contributed by atoms with Gasteiger partial charge in [-0.05, 0) is 90.2 Å². The molecule has 0 bridgehead atoms. The number of carboxylic acid groups (broad SMARTS) is 1. The number of hydrogen-bond acceptors (Lipinski definition) is 5. The summed E-state index contributed by atoms with van der Waals surface area (Å²) in [6, 6.07) is 7.20. The van der Waals surface area contributed by atoms with Gasteiger partial charge in [0.05, 0.1) is 10.6 Å². The number of nitrogens with zero attached hydrogens (tertiary/aromatic N) is 2. The van der Waals surface area contributed by atoms with Crippen molar-refractivity contribution < 1.29 is 19.4 Å². The van der Waals surface area contributed by atoms with Gasteiger partial charge in [-0.2, -0.15) is 4.73 Å². The number of amides is 1. The van der Waals surface area contributed by atoms with E-state index < -0.39 is 5.97 Å². The third-order valence-corrected chi connectivity index (χ3v) is 9.80. The molecule has 6 nitrogen and oxygen atoms in total. The number of rotatable bonds is 6. The third-order valence-electron chi connectivity index (χ3n) is 7.41. The molecule has 0 radical (unpaired) electrons. The predicted molar refractivity (Wildman–Crippen MR) is 154 cm³/mol. The number of carbonyl (C=O) groups is 2. The Morgan fingerprint density at radius 1 is 1.11 bits per heavy atom. The van der Waals surface area contributed by atoms with E-state index in [-0.39, 0.29) is 33.4 Å². The highest BCUT2D eigenvalue weighted by Gasteiger charge is 2.38. The Bertz CT molecular complexity index is 1210. The Kier molecular flexibility index (Phi) is 9.10. The number of anilines is 1. The van der Waals surface area contributed by atoms with Crippen molar-refractivity contribution in [1.82, 2.24) is 0 Å². The highest BCUT2D eigenvalue weighted by Crippen LogP contribution is 2.41. The molecule has 38 heavy (non-hydrogen) atoms. The Balaban J connectivity index is 1.61. The van der Waals surface area contributed by atoms with Crippen molar-refractivity contribution in [2.45, 2.75) is 95.4 Å². The smallest absolute Gasteiger partial charge is 0.348 e. The molecule has 2 aromatic heterocycles. The van der Waals surface area contributed by atoms with E-state index >= 15 is 0 Å². The van der Waals surface area contributed by atoms with Gasteiger partial charge in [-0.15, -0.1) is 11.3 Å². The minimum absolute atomic E-state index is 0.0593. The topological polar surface area (TPSA) is 84.5 Å². The predicted octanol–water partition coefficient (Wildman–Crippen LogP) is 6.74. The van der Waals surface area contributed by atoms with Crippen LogP contribution in [0.2, 0.25) is 0 Å². The summed E-state index contributed by atoms with van der Waals surface area (Å²) in [7, 11) is 0. The summed E-state index contributed by atoms with van der Waals surface area (Å²) >= 11 is 2.76. The molecular weight excluding hydrogens is 516 g/mol. The zero-order valence-corrected chi connectivity index (χ0v) is 24.4. The lowest BCUT2D eigenvalue weighted by molar-refractivity contribution is -0.645. The zero-order chi connectivity index (χ0) is 27.4. The van der Waals surface area contributed by atoms with Crippen molar-refractivity contribution in [1.29, 1.82) is 0 Å². The van der Waals surface area contributed by atoms with Gasteiger partial charge in [0.2, 0.25) is 5.91 Å². The second-order valence-electron chi connectivity index (χ2n) is 11.7. The summed E-state index contributed by atoms with van der Waals surface area (Å²) in [5.41, 5.74) is 0.291. The van der Waals surface area contributed by atoms with Crippen molar-refractivity contribution in [3.63, 3.8) is 0 Å². The second kappa shape index (κ2) is 12.1. The molecule has 0 atom stereocenters. The van der Waals surface area contributed by atoms with Crippen LogP contribution in [0.3, 0.4) is 0 Å². The molecule has 2 aliphatic rings. The van der Waals surface area contributed by atoms with Crippen molar-refractivity contribution in [3.05, 3.63) is 45.4 Å². The maximum atomic E-state index is 14.1. The van der Waals surface area contributed by atoms with Crippen molar-refractivity contribution in [2.24, 2.45) is 17.3 Å². The SMILES string of the molecule is CC(C)(C)C#Cc1cc(N(C(=O)[C@H]2CC[C@H](C)CC2)C2CCC(Sc3cccc[n+]3[O-])CC2)c(C(=O)O)s1. The first-order chi connectivity index (χ1) is 18.0. The molecule has 1 amide bonds. The van der Waals surface area contributed by atoms with E-state index in [1.165, 1.54) is 6.20 Å². The van der Waals surface area contributed by atoms with Gasteiger partial charge in [0.1, 0.15) is 4.88 Å². The van der Waals surface area contributed by atoms with Gasteiger partial charge in [-0.1, -0.05) is 30.5 Å². The fourth-order valence-corrected chi connectivity index (χ4v) is 7.33. The Hall–Kier alpha value is -2.50. The largest absolute Gasteiger partial charge is 0.618 e. The molecular formula is C30H38N2O4S2. The Morgan fingerprint density at radius 2 is 1.79 bits per heavy atom. The van der Waals surface area contributed by atoms with Crippen molar-refractivity contribution >= 4 is 40.7 Å². The normalized spacial score (nSPS) is 23.8. The lowest BCUT2D eigenvalue weighted by atomic mass is 9.81. The number of carbonyl (C=O) groups excluding carboxylic acids is 1. The number of aromatic carboxylic acids is 1. The van der Waals surface area contributed by atoms with E-state index in [0.717, 1.165) is 67.4 Å². The maximum Gasteiger partial charge on any atom is 0.348 e. The molecule has 0 aromatic carbocycles. The van der Waals surface area contributed by atoms with Crippen LogP contribution in [-0.4, -0.2) is 28.3 Å². The van der Waals surface area contributed by atoms with Crippen LogP contribution in [0.4, 0.5) is 5.69 Å². The van der Waals surface area contributed by atoms with Crippen LogP contribution in [0.25, 0.3) is 0 Å². The summed E-state index contributed by atoms with van der Waals surface area (Å²) in [4.78, 5) is 29.1. The van der Waals surface area contributed by atoms with Gasteiger partial charge in [0, 0.05) is 34.8 Å². The minimum atomic E-state index is -1.02. The first kappa shape index (κ1) is 28.5. The first-order valence-corrected chi connectivity index (χ1v) is 15.3. The van der Waals surface area contributed by atoms with E-state index in [9.17, 15) is 19.9 Å². The van der Waals surface area contributed by atoms with Crippen LogP contribution in [-0.2, 0) is 4.79 Å². The highest BCUT2D eigenvalue weighted by atomic mass is 32.2. The Morgan fingerprint density at radius 3 is 2.39 bits per heavy atom. The van der Waals surface area contributed by atoms with Crippen LogP contribution in [0.15, 0.2) is 35.5 Å². The van der Waals surface area contributed by atoms with Crippen molar-refractivity contribution in [3.8, 4) is 11.8 Å². The van der Waals surface area contributed by atoms with Crippen LogP contribution in [0.1, 0.15) is 93.6 Å². The zero-order valence-electron chi connectivity index (χ0n) is 22.7. The molecule has 204 valence electrons. The molecule has 2 aliphatic carbocycles. The molecule has 2 aromatic rings. The van der Waals surface area contributed by atoms with Crippen molar-refractivity contribution in [2.75, 3.05) is 4.90 Å². The lowest BCUT2D eigenvalue weighted by Crippen LogP contribution is -2.47. The van der Waals surface area contributed by atoms with Crippen LogP contribution in [0.5, 0.6) is 0 Å². The van der Waals surface area contributed by atoms with Gasteiger partial charge in [-0.25, -0.2) is 4.79 Å². The van der Waals surface area contributed by atoms with Gasteiger partial charge in [0.15, 0.2) is 6.20 Å². The number of pyridine rings is 1. The van der Waals surface area contributed by atoms with Gasteiger partial charge in [-0.3, -0.25) is 4.79 Å². The average Bonchev–Trinajstić information content (AvgIpc) is 3.29. The molecule has 2 fully saturated rings. The number of hydrogen-bond donors (Lipinski definition) is 1. The monoisotopic (exact) mass is 554 g/mol. The Labute approximate surface area is 234 Å². The number of thioether (sulfide) groups is 1. The first-order valence-electron chi connectivity index (χ1n) is 13.6. The van der Waals surface area contributed by atoms with Gasteiger partial charge >= 0.3 is 5.97 Å². The van der Waals surface area contributed by atoms with Crippen LogP contribution < -0.4 is 9.63 Å². The van der Waals surface area contributed by atoms with E-state index in [2.05, 4.69) is 18.8 Å². The van der Waals surface area contributed by atoms with E-state index in [0.29, 0.717) is 21.5 Å². The lowest BCUT2D eigenvalue weighted by Gasteiger charge is -2.39. The summed E-state index contributed by atoms with van der Waals surface area (Å²) < 4.78 is 0.904. The fraction of sp³-hybridized carbons (Fsp3) is 0.567. The maximum absolute atomic E-state index is 14.1. The molecule has 2 heterocycles. The van der Waals surface area contributed by atoms with Gasteiger partial charge < -0.3 is 15.2 Å². The molecule has 2 saturated carbocycles. The second-order valence-corrected chi connectivity index (χ2v) is 14.1. The summed E-state index contributed by atoms with van der Waals surface area (Å²) in [6.07, 6.45) is 8.54. The number of aromatic nitrogens is 1. The number of thiophene rings is 1. The van der Waals surface area contributed by atoms with Crippen LogP contribution >= 0.6 is 23.1 Å². The highest BCUT2D eigenvalue weighted by molar-refractivity contribution is 7.99. The van der Waals surface area contributed by atoms with E-state index in [1.807, 2.05) is 43.9 Å². The third kappa shape index (κ3) is 7.12. The van der Waals surface area contributed by atoms with E-state index in [4.69, 9.17) is 0 Å². The fourth-order valence-electron chi connectivity index (χ4n) is 5.32. The van der Waals surface area contributed by atoms with Gasteiger partial charge in [0.25, 0.3) is 5.03 Å². The quantitative estimate of drug-likeness (QED) is 0.243. The molecule has 0 unspecified atom stereocenters. The molecule has 4 rings (SSSR count). The van der Waals surface area contributed by atoms with E-state index in [1.54, 1.807) is 17.8 Å². The molecule has 8 heteroatoms. The molecule has 0 aliphatic heterocycles. The minimum Gasteiger partial charge on any atom is -0.618 e. The summed E-state index contributed by atoms with van der Waals surface area (Å²) in [5, 5.41) is 23.2. The molecule has 0 spiro atoms. The average molecular weight is 555 g/mol. The molecule has 0 saturated heterocycles. The number of carboxylic acids is 1. The summed E-state index contributed by atoms with van der Waals surface area (Å²) in [5.74, 6) is 5.94. The summed E-state index contributed by atoms with van der Waals surface area (Å²) in [6.45, 7) is 8.30.